The molecule has 1 unspecified atom stereocenters. The van der Waals surface area contributed by atoms with Crippen LogP contribution in [0.1, 0.15) is 20.8 Å². The van der Waals surface area contributed by atoms with Gasteiger partial charge in [-0.15, -0.1) is 0 Å². The standard InChI is InChI=1S/C4H10BO2PS.2Na/c1-4(2,3)8-9-5(6)7;;/h8H,1-3H3;;/q-2;2*+1. The van der Waals surface area contributed by atoms with Gasteiger partial charge in [0.25, 0.3) is 0 Å². The summed E-state index contributed by atoms with van der Waals surface area (Å²) in [5.74, 6) is 0. The van der Waals surface area contributed by atoms with E-state index in [1.807, 2.05) is 20.8 Å². The largest absolute Gasteiger partial charge is 1.00 e. The van der Waals surface area contributed by atoms with E-state index in [2.05, 4.69) is 0 Å². The van der Waals surface area contributed by atoms with Gasteiger partial charge in [0.05, 0.1) is 0 Å². The Labute approximate surface area is 119 Å². The van der Waals surface area contributed by atoms with Gasteiger partial charge in [-0.25, -0.2) is 11.2 Å². The summed E-state index contributed by atoms with van der Waals surface area (Å²) < 4.78 is 0. The van der Waals surface area contributed by atoms with E-state index in [0.29, 0.717) is 7.78 Å². The van der Waals surface area contributed by atoms with E-state index in [9.17, 15) is 10.0 Å². The molecule has 0 saturated heterocycles. The van der Waals surface area contributed by atoms with Crippen LogP contribution in [0.4, 0.5) is 0 Å². The minimum Gasteiger partial charge on any atom is -0.884 e. The molecule has 0 aliphatic carbocycles. The van der Waals surface area contributed by atoms with Crippen molar-refractivity contribution in [1.82, 2.24) is 0 Å². The number of hydrogen-bond acceptors (Lipinski definition) is 3. The molecule has 0 heterocycles. The van der Waals surface area contributed by atoms with Crippen LogP contribution in [0, 0.1) is 0 Å². The van der Waals surface area contributed by atoms with Gasteiger partial charge < -0.3 is 10.0 Å². The average Bonchev–Trinajstić information content (AvgIpc) is 1.59. The molecule has 0 fully saturated rings. The van der Waals surface area contributed by atoms with Crippen LogP contribution in [0.15, 0.2) is 0 Å². The van der Waals surface area contributed by atoms with Crippen molar-refractivity contribution in [2.24, 2.45) is 0 Å². The van der Waals surface area contributed by atoms with Crippen molar-refractivity contribution in [3.05, 3.63) is 0 Å². The van der Waals surface area contributed by atoms with Crippen molar-refractivity contribution in [3.8, 4) is 0 Å². The Morgan fingerprint density at radius 3 is 1.64 bits per heavy atom. The van der Waals surface area contributed by atoms with E-state index in [0.717, 1.165) is 11.2 Å². The molecule has 7 heteroatoms. The summed E-state index contributed by atoms with van der Waals surface area (Å²) in [5.41, 5.74) is 0. The molecule has 0 spiro atoms. The van der Waals surface area contributed by atoms with Crippen molar-refractivity contribution in [1.29, 1.82) is 0 Å². The van der Waals surface area contributed by atoms with Crippen LogP contribution in [0.3, 0.4) is 0 Å². The third-order valence-electron chi connectivity index (χ3n) is 0.461. The van der Waals surface area contributed by atoms with E-state index in [-0.39, 0.29) is 64.3 Å². The van der Waals surface area contributed by atoms with Crippen molar-refractivity contribution in [2.45, 2.75) is 25.9 Å². The van der Waals surface area contributed by atoms with Gasteiger partial charge in [-0.3, -0.25) is 0 Å². The van der Waals surface area contributed by atoms with Gasteiger partial charge in [-0.05, 0) is 11.6 Å². The maximum atomic E-state index is 9.99. The van der Waals surface area contributed by atoms with Crippen molar-refractivity contribution >= 4 is 25.4 Å². The summed E-state index contributed by atoms with van der Waals surface area (Å²) in [5, 5.41) is 20.1. The van der Waals surface area contributed by atoms with Gasteiger partial charge in [-0.1, -0.05) is 28.6 Å². The molecule has 1 atom stereocenters. The van der Waals surface area contributed by atoms with E-state index in [4.69, 9.17) is 0 Å². The molecule has 0 N–H and O–H groups in total. The second kappa shape index (κ2) is 9.33. The Morgan fingerprint density at radius 2 is 1.55 bits per heavy atom. The molecule has 0 aliphatic rings. The summed E-state index contributed by atoms with van der Waals surface area (Å²) in [6, 6.07) is 0. The fourth-order valence-electron chi connectivity index (χ4n) is 0.225. The van der Waals surface area contributed by atoms with Crippen LogP contribution >= 0.6 is 19.0 Å². The van der Waals surface area contributed by atoms with Crippen molar-refractivity contribution in [2.75, 3.05) is 0 Å². The summed E-state index contributed by atoms with van der Waals surface area (Å²) in [6.45, 7) is 6.04. The summed E-state index contributed by atoms with van der Waals surface area (Å²) in [6.07, 6.45) is -1.71. The van der Waals surface area contributed by atoms with Crippen LogP contribution in [-0.2, 0) is 0 Å². The van der Waals surface area contributed by atoms with Gasteiger partial charge in [0, 0.05) is 0 Å². The predicted molar refractivity (Wildman–Crippen MR) is 41.4 cm³/mol. The van der Waals surface area contributed by atoms with Crippen LogP contribution in [0.2, 0.25) is 0 Å². The smallest absolute Gasteiger partial charge is 0.884 e. The van der Waals surface area contributed by atoms with Gasteiger partial charge in [0.15, 0.2) is 0 Å². The fraction of sp³-hybridized carbons (Fsp3) is 1.00. The maximum absolute atomic E-state index is 9.99. The van der Waals surface area contributed by atoms with Gasteiger partial charge in [-0.2, -0.15) is 0 Å². The first-order chi connectivity index (χ1) is 3.92. The summed E-state index contributed by atoms with van der Waals surface area (Å²) >= 11 is 0.955. The van der Waals surface area contributed by atoms with Crippen LogP contribution in [0.25, 0.3) is 0 Å². The second-order valence-electron chi connectivity index (χ2n) is 2.76. The quantitative estimate of drug-likeness (QED) is 0.336. The third-order valence-corrected chi connectivity index (χ3v) is 4.15. The maximum Gasteiger partial charge on any atom is 1.00 e. The van der Waals surface area contributed by atoms with E-state index < -0.39 is 6.40 Å². The zero-order valence-electron chi connectivity index (χ0n) is 7.80. The Balaban J connectivity index is -0.000000320. The molecule has 54 valence electrons. The average molecular weight is 210 g/mol. The zero-order valence-corrected chi connectivity index (χ0v) is 13.6. The molecule has 0 amide bonds. The first-order valence-corrected chi connectivity index (χ1v) is 5.27. The molecule has 0 radical (unpaired) electrons. The van der Waals surface area contributed by atoms with Gasteiger partial charge in [0.1, 0.15) is 0 Å². The zero-order chi connectivity index (χ0) is 7.49. The molecule has 0 aromatic carbocycles. The Bertz CT molecular complexity index is 90.7. The molecule has 11 heavy (non-hydrogen) atoms. The third kappa shape index (κ3) is 19.3. The van der Waals surface area contributed by atoms with Crippen LogP contribution in [0.5, 0.6) is 0 Å². The molecule has 0 rings (SSSR count). The Hall–Kier alpha value is 2.76. The van der Waals surface area contributed by atoms with E-state index >= 15 is 0 Å². The summed E-state index contributed by atoms with van der Waals surface area (Å²) in [4.78, 5) is 0. The number of hydrogen-bond donors (Lipinski definition) is 0. The molecular weight excluding hydrogens is 200 g/mol. The molecule has 0 aromatic rings. The van der Waals surface area contributed by atoms with Crippen molar-refractivity contribution in [3.63, 3.8) is 0 Å². The van der Waals surface area contributed by atoms with Crippen LogP contribution in [-0.4, -0.2) is 11.6 Å². The minimum atomic E-state index is -1.71. The van der Waals surface area contributed by atoms with E-state index in [1.165, 1.54) is 0 Å². The summed E-state index contributed by atoms with van der Waals surface area (Å²) in [7, 11) is 0.414. The van der Waals surface area contributed by atoms with E-state index in [1.54, 1.807) is 0 Å². The molecular formula is C4H10BNa2O2PS. The molecule has 0 aromatic heterocycles. The fourth-order valence-corrected chi connectivity index (χ4v) is 2.02. The molecule has 0 bridgehead atoms. The van der Waals surface area contributed by atoms with Gasteiger partial charge in [0.2, 0.25) is 0 Å². The molecule has 0 saturated carbocycles. The predicted octanol–water partition coefficient (Wildman–Crippen LogP) is -6.17. The van der Waals surface area contributed by atoms with Crippen molar-refractivity contribution < 1.29 is 69.2 Å². The van der Waals surface area contributed by atoms with Crippen LogP contribution < -0.4 is 69.2 Å². The first kappa shape index (κ1) is 19.4. The Morgan fingerprint density at radius 1 is 1.18 bits per heavy atom. The molecule has 2 nitrogen and oxygen atoms in total. The normalized spacial score (nSPS) is 10.6. The molecule has 0 aliphatic heterocycles. The monoisotopic (exact) mass is 210 g/mol. The minimum absolute atomic E-state index is 0. The first-order valence-electron chi connectivity index (χ1n) is 2.66. The Kier molecular flexibility index (Phi) is 16.4. The topological polar surface area (TPSA) is 46.1 Å². The second-order valence-corrected chi connectivity index (χ2v) is 6.40. The van der Waals surface area contributed by atoms with Gasteiger partial charge >= 0.3 is 59.1 Å². The number of rotatable bonds is 2. The SMILES string of the molecule is CC(C)(C)PSB([O-])[O-].[Na+].[Na+].